The molecule has 0 saturated carbocycles. The zero-order valence-electron chi connectivity index (χ0n) is 12.7. The van der Waals surface area contributed by atoms with E-state index in [9.17, 15) is 4.79 Å². The molecule has 0 atom stereocenters. The van der Waals surface area contributed by atoms with E-state index >= 15 is 0 Å². The molecule has 1 aromatic rings. The molecule has 6 nitrogen and oxygen atoms in total. The molecule has 2 saturated heterocycles. The van der Waals surface area contributed by atoms with Crippen LogP contribution in [-0.2, 0) is 9.47 Å². The minimum absolute atomic E-state index is 0.0184. The van der Waals surface area contributed by atoms with Gasteiger partial charge in [0.2, 0.25) is 0 Å². The minimum Gasteiger partial charge on any atom is -0.350 e. The van der Waals surface area contributed by atoms with Crippen molar-refractivity contribution in [1.82, 2.24) is 15.1 Å². The lowest BCUT2D eigenvalue weighted by Gasteiger charge is -2.33. The molecule has 2 aliphatic heterocycles. The Balaban J connectivity index is 1.56. The molecule has 1 amide bonds. The summed E-state index contributed by atoms with van der Waals surface area (Å²) in [5, 5.41) is 7.08. The van der Waals surface area contributed by atoms with Crippen molar-refractivity contribution in [2.24, 2.45) is 5.92 Å². The van der Waals surface area contributed by atoms with Crippen molar-refractivity contribution in [3.05, 3.63) is 17.5 Å². The summed E-state index contributed by atoms with van der Waals surface area (Å²) in [6, 6.07) is 1.86. The first kappa shape index (κ1) is 14.5. The number of piperidine rings is 1. The van der Waals surface area contributed by atoms with Crippen molar-refractivity contribution in [3.63, 3.8) is 0 Å². The van der Waals surface area contributed by atoms with Crippen molar-refractivity contribution >= 4 is 5.91 Å². The van der Waals surface area contributed by atoms with Crippen LogP contribution >= 0.6 is 0 Å². The highest BCUT2D eigenvalue weighted by Gasteiger charge is 2.32. The molecule has 2 aliphatic rings. The molecule has 0 aliphatic carbocycles. The van der Waals surface area contributed by atoms with Gasteiger partial charge in [0, 0.05) is 24.7 Å². The topological polar surface area (TPSA) is 67.5 Å². The average molecular weight is 293 g/mol. The molecule has 6 heteroatoms. The summed E-state index contributed by atoms with van der Waals surface area (Å²) in [7, 11) is 0. The van der Waals surface area contributed by atoms with Crippen LogP contribution in [0.25, 0.3) is 0 Å². The van der Waals surface area contributed by atoms with Gasteiger partial charge in [-0.15, -0.1) is 0 Å². The molecule has 3 heterocycles. The second-order valence-electron chi connectivity index (χ2n) is 6.10. The summed E-state index contributed by atoms with van der Waals surface area (Å²) in [5.74, 6) is 0.772. The van der Waals surface area contributed by atoms with E-state index < -0.39 is 0 Å². The van der Waals surface area contributed by atoms with Gasteiger partial charge in [-0.25, -0.2) is 0 Å². The molecule has 0 aromatic carbocycles. The molecule has 0 spiro atoms. The van der Waals surface area contributed by atoms with Crippen LogP contribution in [0, 0.1) is 5.92 Å². The van der Waals surface area contributed by atoms with Crippen LogP contribution in [0.2, 0.25) is 0 Å². The van der Waals surface area contributed by atoms with Crippen molar-refractivity contribution < 1.29 is 14.3 Å². The first-order chi connectivity index (χ1) is 10.1. The summed E-state index contributed by atoms with van der Waals surface area (Å²) in [5.41, 5.74) is 1.52. The van der Waals surface area contributed by atoms with Gasteiger partial charge in [-0.05, 0) is 24.8 Å². The second-order valence-corrected chi connectivity index (χ2v) is 6.10. The Morgan fingerprint density at radius 3 is 2.57 bits per heavy atom. The lowest BCUT2D eigenvalue weighted by atomic mass is 9.96. The largest absolute Gasteiger partial charge is 0.350 e. The van der Waals surface area contributed by atoms with E-state index in [4.69, 9.17) is 9.47 Å². The summed E-state index contributed by atoms with van der Waals surface area (Å²) in [6.45, 7) is 7.03. The predicted octanol–water partition coefficient (Wildman–Crippen LogP) is 1.76. The Labute approximate surface area is 124 Å². The van der Waals surface area contributed by atoms with Crippen LogP contribution < -0.4 is 0 Å². The van der Waals surface area contributed by atoms with Gasteiger partial charge >= 0.3 is 0 Å². The van der Waals surface area contributed by atoms with E-state index in [1.165, 1.54) is 0 Å². The second kappa shape index (κ2) is 6.15. The van der Waals surface area contributed by atoms with Crippen LogP contribution in [0.15, 0.2) is 6.07 Å². The van der Waals surface area contributed by atoms with Gasteiger partial charge in [0.25, 0.3) is 5.91 Å². The molecule has 0 bridgehead atoms. The zero-order valence-corrected chi connectivity index (χ0v) is 12.7. The van der Waals surface area contributed by atoms with Crippen molar-refractivity contribution in [2.45, 2.75) is 38.9 Å². The maximum absolute atomic E-state index is 12.4. The van der Waals surface area contributed by atoms with Crippen molar-refractivity contribution in [3.8, 4) is 0 Å². The summed E-state index contributed by atoms with van der Waals surface area (Å²) < 4.78 is 11.1. The van der Waals surface area contributed by atoms with Crippen LogP contribution in [0.1, 0.15) is 48.8 Å². The first-order valence-corrected chi connectivity index (χ1v) is 7.73. The van der Waals surface area contributed by atoms with E-state index in [-0.39, 0.29) is 12.2 Å². The molecule has 116 valence electrons. The van der Waals surface area contributed by atoms with Crippen molar-refractivity contribution in [2.75, 3.05) is 26.3 Å². The van der Waals surface area contributed by atoms with Gasteiger partial charge in [-0.2, -0.15) is 5.10 Å². The number of rotatable bonds is 3. The highest BCUT2D eigenvalue weighted by atomic mass is 16.7. The molecule has 1 N–H and O–H groups in total. The Hall–Kier alpha value is -1.40. The number of carbonyl (C=O) groups is 1. The summed E-state index contributed by atoms with van der Waals surface area (Å²) >= 11 is 0. The highest BCUT2D eigenvalue weighted by Crippen LogP contribution is 2.26. The predicted molar refractivity (Wildman–Crippen MR) is 77.0 cm³/mol. The zero-order chi connectivity index (χ0) is 14.8. The standard InChI is InChI=1S/C15H23N3O3/c1-10(2)12-9-13(17-16-12)14(19)18-5-3-11(4-6-18)15-20-7-8-21-15/h9-11,15H,3-8H2,1-2H3,(H,16,17). The maximum Gasteiger partial charge on any atom is 0.274 e. The first-order valence-electron chi connectivity index (χ1n) is 7.73. The molecule has 2 fully saturated rings. The minimum atomic E-state index is -0.0693. The SMILES string of the molecule is CC(C)c1cc(C(=O)N2CCC(C3OCCO3)CC2)n[nH]1. The number of nitrogens with one attached hydrogen (secondary N) is 1. The fourth-order valence-electron chi connectivity index (χ4n) is 2.93. The number of hydrogen-bond acceptors (Lipinski definition) is 4. The molecule has 21 heavy (non-hydrogen) atoms. The number of hydrogen-bond donors (Lipinski definition) is 1. The average Bonchev–Trinajstić information content (AvgIpc) is 3.18. The van der Waals surface area contributed by atoms with Gasteiger partial charge in [-0.3, -0.25) is 9.89 Å². The molecule has 0 radical (unpaired) electrons. The van der Waals surface area contributed by atoms with E-state index in [2.05, 4.69) is 24.0 Å². The van der Waals surface area contributed by atoms with Crippen LogP contribution in [0.3, 0.4) is 0 Å². The molecular formula is C15H23N3O3. The number of nitrogens with zero attached hydrogens (tertiary/aromatic N) is 2. The van der Waals surface area contributed by atoms with E-state index in [1.807, 2.05) is 11.0 Å². The molecule has 0 unspecified atom stereocenters. The van der Waals surface area contributed by atoms with Crippen LogP contribution in [0.5, 0.6) is 0 Å². The van der Waals surface area contributed by atoms with Gasteiger partial charge in [0.1, 0.15) is 5.69 Å². The normalized spacial score (nSPS) is 21.4. The number of aromatic nitrogens is 2. The molecular weight excluding hydrogens is 270 g/mol. The Kier molecular flexibility index (Phi) is 4.26. The number of ether oxygens (including phenoxy) is 2. The Morgan fingerprint density at radius 2 is 2.00 bits per heavy atom. The van der Waals surface area contributed by atoms with E-state index in [0.29, 0.717) is 30.7 Å². The number of H-pyrrole nitrogens is 1. The smallest absolute Gasteiger partial charge is 0.274 e. The Morgan fingerprint density at radius 1 is 1.33 bits per heavy atom. The van der Waals surface area contributed by atoms with Crippen LogP contribution in [-0.4, -0.2) is 53.6 Å². The highest BCUT2D eigenvalue weighted by molar-refractivity contribution is 5.92. The lowest BCUT2D eigenvalue weighted by Crippen LogP contribution is -2.41. The van der Waals surface area contributed by atoms with Crippen LogP contribution in [0.4, 0.5) is 0 Å². The van der Waals surface area contributed by atoms with Gasteiger partial charge in [-0.1, -0.05) is 13.8 Å². The van der Waals surface area contributed by atoms with Crippen molar-refractivity contribution in [1.29, 1.82) is 0 Å². The van der Waals surface area contributed by atoms with Gasteiger partial charge in [0.05, 0.1) is 13.2 Å². The van der Waals surface area contributed by atoms with Gasteiger partial charge < -0.3 is 14.4 Å². The third-order valence-corrected chi connectivity index (χ3v) is 4.30. The maximum atomic E-state index is 12.4. The molecule has 1 aromatic heterocycles. The fraction of sp³-hybridized carbons (Fsp3) is 0.733. The third-order valence-electron chi connectivity index (χ3n) is 4.30. The molecule has 3 rings (SSSR count). The van der Waals surface area contributed by atoms with E-state index in [0.717, 1.165) is 31.6 Å². The monoisotopic (exact) mass is 293 g/mol. The third kappa shape index (κ3) is 3.11. The Bertz CT molecular complexity index is 486. The van der Waals surface area contributed by atoms with Gasteiger partial charge in [0.15, 0.2) is 6.29 Å². The fourth-order valence-corrected chi connectivity index (χ4v) is 2.93. The number of amides is 1. The number of aromatic amines is 1. The summed E-state index contributed by atoms with van der Waals surface area (Å²) in [4.78, 5) is 14.3. The number of carbonyl (C=O) groups excluding carboxylic acids is 1. The summed E-state index contributed by atoms with van der Waals surface area (Å²) in [6.07, 6.45) is 1.79. The quantitative estimate of drug-likeness (QED) is 0.922. The van der Waals surface area contributed by atoms with E-state index in [1.54, 1.807) is 0 Å². The lowest BCUT2D eigenvalue weighted by molar-refractivity contribution is -0.0956. The number of likely N-dealkylation sites (tertiary alicyclic amines) is 1.